The zero-order valence-corrected chi connectivity index (χ0v) is 17.2. The van der Waals surface area contributed by atoms with Crippen molar-refractivity contribution in [1.29, 1.82) is 0 Å². The van der Waals surface area contributed by atoms with Crippen LogP contribution in [-0.4, -0.2) is 23.4 Å². The van der Waals surface area contributed by atoms with Crippen molar-refractivity contribution in [2.75, 3.05) is 12.3 Å². The number of aromatic nitrogens is 1. The van der Waals surface area contributed by atoms with E-state index in [1.54, 1.807) is 11.8 Å². The SMILES string of the molecule is Cc1noc(C)c1CSCC(=O)NCCC(c1ccccc1)c1ccccc1. The fourth-order valence-electron chi connectivity index (χ4n) is 3.26. The number of aryl methyl sites for hydroxylation is 2. The van der Waals surface area contributed by atoms with Crippen molar-refractivity contribution >= 4 is 17.7 Å². The zero-order chi connectivity index (χ0) is 19.8. The molecule has 0 radical (unpaired) electrons. The average Bonchev–Trinajstić information content (AvgIpc) is 3.04. The van der Waals surface area contributed by atoms with Gasteiger partial charge in [-0.3, -0.25) is 4.79 Å². The van der Waals surface area contributed by atoms with Gasteiger partial charge in [-0.2, -0.15) is 0 Å². The number of benzene rings is 2. The monoisotopic (exact) mass is 394 g/mol. The Balaban J connectivity index is 1.49. The van der Waals surface area contributed by atoms with E-state index >= 15 is 0 Å². The molecule has 4 nitrogen and oxygen atoms in total. The lowest BCUT2D eigenvalue weighted by Gasteiger charge is -2.18. The molecule has 5 heteroatoms. The maximum atomic E-state index is 12.2. The summed E-state index contributed by atoms with van der Waals surface area (Å²) in [7, 11) is 0. The average molecular weight is 395 g/mol. The van der Waals surface area contributed by atoms with E-state index in [1.165, 1.54) is 11.1 Å². The molecule has 28 heavy (non-hydrogen) atoms. The molecular weight excluding hydrogens is 368 g/mol. The third-order valence-electron chi connectivity index (χ3n) is 4.82. The maximum Gasteiger partial charge on any atom is 0.230 e. The summed E-state index contributed by atoms with van der Waals surface area (Å²) in [5.41, 5.74) is 4.54. The fourth-order valence-corrected chi connectivity index (χ4v) is 4.26. The van der Waals surface area contributed by atoms with Crippen LogP contribution >= 0.6 is 11.8 Å². The summed E-state index contributed by atoms with van der Waals surface area (Å²) in [6.45, 7) is 4.49. The van der Waals surface area contributed by atoms with E-state index in [9.17, 15) is 4.79 Å². The first-order valence-electron chi connectivity index (χ1n) is 9.51. The Hall–Kier alpha value is -2.53. The Morgan fingerprint density at radius 3 is 2.18 bits per heavy atom. The van der Waals surface area contributed by atoms with E-state index < -0.39 is 0 Å². The van der Waals surface area contributed by atoms with Crippen LogP contribution in [0.1, 0.15) is 40.5 Å². The topological polar surface area (TPSA) is 55.1 Å². The minimum atomic E-state index is 0.0663. The Morgan fingerprint density at radius 1 is 1.04 bits per heavy atom. The van der Waals surface area contributed by atoms with Gasteiger partial charge in [0.15, 0.2) is 0 Å². The number of nitrogens with zero attached hydrogens (tertiary/aromatic N) is 1. The van der Waals surface area contributed by atoms with E-state index in [0.717, 1.165) is 29.2 Å². The van der Waals surface area contributed by atoms with Crippen LogP contribution in [0.15, 0.2) is 65.2 Å². The van der Waals surface area contributed by atoms with Crippen molar-refractivity contribution in [2.45, 2.75) is 31.9 Å². The predicted octanol–water partition coefficient (Wildman–Crippen LogP) is 4.86. The second-order valence-electron chi connectivity index (χ2n) is 6.81. The zero-order valence-electron chi connectivity index (χ0n) is 16.4. The van der Waals surface area contributed by atoms with Crippen molar-refractivity contribution in [3.05, 3.63) is 88.8 Å². The summed E-state index contributed by atoms with van der Waals surface area (Å²) >= 11 is 1.59. The molecule has 146 valence electrons. The highest BCUT2D eigenvalue weighted by atomic mass is 32.2. The molecule has 0 aliphatic carbocycles. The minimum Gasteiger partial charge on any atom is -0.361 e. The van der Waals surface area contributed by atoms with Gasteiger partial charge >= 0.3 is 0 Å². The van der Waals surface area contributed by atoms with Gasteiger partial charge in [0.2, 0.25) is 5.91 Å². The molecule has 0 spiro atoms. The second kappa shape index (κ2) is 10.1. The van der Waals surface area contributed by atoms with E-state index in [2.05, 4.69) is 59.0 Å². The molecule has 3 aromatic rings. The molecule has 3 rings (SSSR count). The van der Waals surface area contributed by atoms with Crippen LogP contribution in [0.4, 0.5) is 0 Å². The van der Waals surface area contributed by atoms with Crippen LogP contribution in [0.2, 0.25) is 0 Å². The number of hydrogen-bond donors (Lipinski definition) is 1. The van der Waals surface area contributed by atoms with Gasteiger partial charge in [0.05, 0.1) is 11.4 Å². The molecule has 0 unspecified atom stereocenters. The highest BCUT2D eigenvalue weighted by Gasteiger charge is 2.14. The normalized spacial score (nSPS) is 11.0. The third-order valence-corrected chi connectivity index (χ3v) is 5.78. The summed E-state index contributed by atoms with van der Waals surface area (Å²) in [6, 6.07) is 20.9. The number of thioether (sulfide) groups is 1. The quantitative estimate of drug-likeness (QED) is 0.563. The molecule has 0 saturated heterocycles. The number of carbonyl (C=O) groups excluding carboxylic acids is 1. The summed E-state index contributed by atoms with van der Waals surface area (Å²) in [4.78, 5) is 12.2. The van der Waals surface area contributed by atoms with Gasteiger partial charge < -0.3 is 9.84 Å². The lowest BCUT2D eigenvalue weighted by atomic mass is 9.88. The maximum absolute atomic E-state index is 12.2. The number of carbonyl (C=O) groups is 1. The first-order chi connectivity index (χ1) is 13.6. The van der Waals surface area contributed by atoms with Crippen LogP contribution in [-0.2, 0) is 10.5 Å². The van der Waals surface area contributed by atoms with Crippen molar-refractivity contribution < 1.29 is 9.32 Å². The highest BCUT2D eigenvalue weighted by molar-refractivity contribution is 7.99. The highest BCUT2D eigenvalue weighted by Crippen LogP contribution is 2.27. The van der Waals surface area contributed by atoms with Crippen LogP contribution in [0.5, 0.6) is 0 Å². The summed E-state index contributed by atoms with van der Waals surface area (Å²) in [5.74, 6) is 2.35. The van der Waals surface area contributed by atoms with E-state index in [-0.39, 0.29) is 11.8 Å². The molecule has 1 aromatic heterocycles. The molecule has 0 aliphatic heterocycles. The summed E-state index contributed by atoms with van der Waals surface area (Å²) < 4.78 is 5.16. The molecule has 0 fully saturated rings. The molecule has 1 amide bonds. The molecule has 0 saturated carbocycles. The summed E-state index contributed by atoms with van der Waals surface area (Å²) in [5, 5.41) is 7.01. The van der Waals surface area contributed by atoms with Crippen LogP contribution in [0.3, 0.4) is 0 Å². The molecule has 1 heterocycles. The van der Waals surface area contributed by atoms with Gasteiger partial charge in [0.1, 0.15) is 5.76 Å². The number of amides is 1. The number of nitrogens with one attached hydrogen (secondary N) is 1. The molecular formula is C23H26N2O2S. The Bertz CT molecular complexity index is 819. The fraction of sp³-hybridized carbons (Fsp3) is 0.304. The van der Waals surface area contributed by atoms with E-state index in [1.807, 2.05) is 26.0 Å². The lowest BCUT2D eigenvalue weighted by Crippen LogP contribution is -2.27. The van der Waals surface area contributed by atoms with Gasteiger partial charge in [0.25, 0.3) is 0 Å². The van der Waals surface area contributed by atoms with Crippen molar-refractivity contribution in [3.63, 3.8) is 0 Å². The van der Waals surface area contributed by atoms with Crippen LogP contribution in [0.25, 0.3) is 0 Å². The largest absolute Gasteiger partial charge is 0.361 e. The third kappa shape index (κ3) is 5.49. The first-order valence-corrected chi connectivity index (χ1v) is 10.7. The van der Waals surface area contributed by atoms with Crippen molar-refractivity contribution in [2.24, 2.45) is 0 Å². The van der Waals surface area contributed by atoms with Gasteiger partial charge in [-0.25, -0.2) is 0 Å². The van der Waals surface area contributed by atoms with E-state index in [0.29, 0.717) is 12.3 Å². The smallest absolute Gasteiger partial charge is 0.230 e. The van der Waals surface area contributed by atoms with Crippen LogP contribution < -0.4 is 5.32 Å². The molecule has 0 aliphatic rings. The molecule has 2 aromatic carbocycles. The van der Waals surface area contributed by atoms with Gasteiger partial charge in [-0.05, 0) is 31.4 Å². The number of rotatable bonds is 9. The predicted molar refractivity (Wildman–Crippen MR) is 114 cm³/mol. The minimum absolute atomic E-state index is 0.0663. The Labute approximate surface area is 170 Å². The van der Waals surface area contributed by atoms with Gasteiger partial charge in [-0.1, -0.05) is 65.8 Å². The summed E-state index contributed by atoms with van der Waals surface area (Å²) in [6.07, 6.45) is 0.869. The molecule has 0 bridgehead atoms. The van der Waals surface area contributed by atoms with Crippen molar-refractivity contribution in [1.82, 2.24) is 10.5 Å². The second-order valence-corrected chi connectivity index (χ2v) is 7.79. The standard InChI is InChI=1S/C23H26N2O2S/c1-17-22(18(2)27-25-17)15-28-16-23(26)24-14-13-21(19-9-5-3-6-10-19)20-11-7-4-8-12-20/h3-12,21H,13-16H2,1-2H3,(H,24,26). The first kappa shape index (κ1) is 20.2. The van der Waals surface area contributed by atoms with Crippen molar-refractivity contribution in [3.8, 4) is 0 Å². The molecule has 0 atom stereocenters. The molecule has 1 N–H and O–H groups in total. The lowest BCUT2D eigenvalue weighted by molar-refractivity contribution is -0.118. The Morgan fingerprint density at radius 2 is 1.64 bits per heavy atom. The van der Waals surface area contributed by atoms with Gasteiger partial charge in [0, 0.05) is 23.8 Å². The van der Waals surface area contributed by atoms with Gasteiger partial charge in [-0.15, -0.1) is 11.8 Å². The Kier molecular flexibility index (Phi) is 7.31. The van der Waals surface area contributed by atoms with E-state index in [4.69, 9.17) is 4.52 Å². The van der Waals surface area contributed by atoms with Crippen LogP contribution in [0, 0.1) is 13.8 Å². The number of hydrogen-bond acceptors (Lipinski definition) is 4.